The Morgan fingerprint density at radius 1 is 1.33 bits per heavy atom. The van der Waals surface area contributed by atoms with Crippen LogP contribution in [0.4, 0.5) is 0 Å². The molecule has 0 fully saturated rings. The minimum atomic E-state index is -0.931. The van der Waals surface area contributed by atoms with Crippen molar-refractivity contribution in [3.63, 3.8) is 0 Å². The van der Waals surface area contributed by atoms with E-state index in [1.54, 1.807) is 13.8 Å². The molecule has 0 aliphatic heterocycles. The predicted molar refractivity (Wildman–Crippen MR) is 53.8 cm³/mol. The van der Waals surface area contributed by atoms with E-state index in [4.69, 9.17) is 10.8 Å². The Labute approximate surface area is 82.3 Å². The van der Waals surface area contributed by atoms with E-state index in [2.05, 4.69) is 14.6 Å². The van der Waals surface area contributed by atoms with Crippen LogP contribution in [0.1, 0.15) is 13.8 Å². The van der Waals surface area contributed by atoms with Crippen LogP contribution in [0.2, 0.25) is 14.6 Å². The third kappa shape index (κ3) is 12.9. The van der Waals surface area contributed by atoms with Crippen molar-refractivity contribution >= 4 is 26.2 Å². The predicted octanol–water partition coefficient (Wildman–Crippen LogP) is 1.42. The molecule has 0 heterocycles. The molecule has 0 aliphatic rings. The number of carboxylic acids is 1. The van der Waals surface area contributed by atoms with Gasteiger partial charge in [-0.05, 0) is 5.92 Å². The second-order valence-electron chi connectivity index (χ2n) is 3.45. The summed E-state index contributed by atoms with van der Waals surface area (Å²) in [4.78, 5) is 17.1. The van der Waals surface area contributed by atoms with Crippen molar-refractivity contribution in [3.05, 3.63) is 0 Å². The van der Waals surface area contributed by atoms with Crippen LogP contribution in [-0.4, -0.2) is 37.3 Å². The van der Waals surface area contributed by atoms with Crippen LogP contribution < -0.4 is 5.73 Å². The summed E-state index contributed by atoms with van der Waals surface area (Å²) in [7, 11) is 0. The molecule has 74 valence electrons. The molecule has 0 aliphatic carbocycles. The van der Waals surface area contributed by atoms with Crippen LogP contribution in [0.3, 0.4) is 0 Å². The first-order valence-corrected chi connectivity index (χ1v) is 11.5. The molecule has 3 nitrogen and oxygen atoms in total. The fourth-order valence-corrected chi connectivity index (χ4v) is 0.285. The molecule has 0 aromatic heterocycles. The van der Waals surface area contributed by atoms with Crippen LogP contribution in [-0.2, 0) is 4.79 Å². The molecule has 1 atom stereocenters. The van der Waals surface area contributed by atoms with E-state index in [-0.39, 0.29) is 5.92 Å². The quantitative estimate of drug-likeness (QED) is 0.754. The van der Waals surface area contributed by atoms with Gasteiger partial charge in [0.1, 0.15) is 6.04 Å². The third-order valence-corrected chi connectivity index (χ3v) is 1.00. The van der Waals surface area contributed by atoms with Crippen molar-refractivity contribution in [3.8, 4) is 0 Å². The first kappa shape index (κ1) is 14.8. The van der Waals surface area contributed by atoms with E-state index >= 15 is 0 Å². The van der Waals surface area contributed by atoms with E-state index in [0.29, 0.717) is 0 Å². The van der Waals surface area contributed by atoms with E-state index < -0.39 is 32.2 Å². The van der Waals surface area contributed by atoms with E-state index in [1.807, 2.05) is 0 Å². The maximum atomic E-state index is 10.0. The summed E-state index contributed by atoms with van der Waals surface area (Å²) in [6.45, 7) is 3.55. The maximum absolute atomic E-state index is 10.0. The molecule has 0 saturated heterocycles. The van der Waals surface area contributed by atoms with Crippen molar-refractivity contribution < 1.29 is 9.90 Å². The molecule has 0 rings (SSSR count). The van der Waals surface area contributed by atoms with Gasteiger partial charge >= 0.3 is 40.8 Å². The van der Waals surface area contributed by atoms with Gasteiger partial charge in [0, 0.05) is 0 Å². The number of hydrogen-bond acceptors (Lipinski definition) is 2. The van der Waals surface area contributed by atoms with Crippen molar-refractivity contribution in [2.45, 2.75) is 34.5 Å². The number of aliphatic carboxylic acids is 1. The average molecular weight is 284 g/mol. The molecular weight excluding hydrogens is 264 g/mol. The summed E-state index contributed by atoms with van der Waals surface area (Å²) in [6, 6.07) is -0.713. The fraction of sp³-hybridized carbons (Fsp3) is 0.875. The summed E-state index contributed by atoms with van der Waals surface area (Å²) < 4.78 is 0. The zero-order chi connectivity index (χ0) is 10.3. The number of carboxylic acid groups (broad SMARTS) is 1. The Balaban J connectivity index is 0. The van der Waals surface area contributed by atoms with Crippen LogP contribution in [0.5, 0.6) is 0 Å². The topological polar surface area (TPSA) is 63.3 Å². The van der Waals surface area contributed by atoms with Crippen molar-refractivity contribution in [1.29, 1.82) is 0 Å². The van der Waals surface area contributed by atoms with Gasteiger partial charge in [0.2, 0.25) is 0 Å². The Morgan fingerprint density at radius 3 is 1.58 bits per heavy atom. The van der Waals surface area contributed by atoms with E-state index in [0.717, 1.165) is 0 Å². The van der Waals surface area contributed by atoms with Gasteiger partial charge < -0.3 is 10.8 Å². The van der Waals surface area contributed by atoms with Crippen molar-refractivity contribution in [2.24, 2.45) is 11.7 Å². The molecule has 0 unspecified atom stereocenters. The molecule has 3 N–H and O–H groups in total. The SMILES string of the molecule is CC(C)[C@H](N)C(=O)O.[CH3][Sb]([CH3])[CH3]. The molecule has 12 heavy (non-hydrogen) atoms. The van der Waals surface area contributed by atoms with Gasteiger partial charge in [-0.1, -0.05) is 13.8 Å². The van der Waals surface area contributed by atoms with Crippen LogP contribution in [0.15, 0.2) is 0 Å². The molecule has 0 aromatic rings. The van der Waals surface area contributed by atoms with Crippen molar-refractivity contribution in [1.82, 2.24) is 0 Å². The van der Waals surface area contributed by atoms with E-state index in [1.165, 1.54) is 0 Å². The summed E-state index contributed by atoms with van der Waals surface area (Å²) in [5, 5.41) is 8.23. The second-order valence-corrected chi connectivity index (χ2v) is 11.1. The normalized spacial score (nSPS) is 12.3. The van der Waals surface area contributed by atoms with Gasteiger partial charge in [0.25, 0.3) is 0 Å². The van der Waals surface area contributed by atoms with Crippen LogP contribution in [0.25, 0.3) is 0 Å². The number of nitrogens with two attached hydrogens (primary N) is 1. The molecule has 4 heteroatoms. The summed E-state index contributed by atoms with van der Waals surface area (Å²) in [5.74, 6) is -0.910. The summed E-state index contributed by atoms with van der Waals surface area (Å²) >= 11 is -0.450. The van der Waals surface area contributed by atoms with E-state index in [9.17, 15) is 4.79 Å². The second kappa shape index (κ2) is 7.87. The Morgan fingerprint density at radius 2 is 1.58 bits per heavy atom. The molecule has 0 radical (unpaired) electrons. The zero-order valence-electron chi connectivity index (χ0n) is 8.53. The summed E-state index contributed by atoms with van der Waals surface area (Å²) in [6.07, 6.45) is 0. The monoisotopic (exact) mass is 283 g/mol. The molecular formula is C8H20NO2Sb. The van der Waals surface area contributed by atoms with Crippen molar-refractivity contribution in [2.75, 3.05) is 0 Å². The van der Waals surface area contributed by atoms with Gasteiger partial charge in [-0.3, -0.25) is 4.79 Å². The molecule has 0 spiro atoms. The Hall–Kier alpha value is 0.248. The Kier molecular flexibility index (Phi) is 9.68. The van der Waals surface area contributed by atoms with Gasteiger partial charge in [-0.25, -0.2) is 0 Å². The van der Waals surface area contributed by atoms with Crippen LogP contribution in [0, 0.1) is 5.92 Å². The average Bonchev–Trinajstić information content (AvgIpc) is 1.84. The number of hydrogen-bond donors (Lipinski definition) is 2. The first-order chi connectivity index (χ1) is 5.29. The zero-order valence-corrected chi connectivity index (χ0v) is 11.1. The van der Waals surface area contributed by atoms with Gasteiger partial charge in [-0.15, -0.1) is 0 Å². The number of rotatable bonds is 2. The molecule has 0 bridgehead atoms. The van der Waals surface area contributed by atoms with Gasteiger partial charge in [-0.2, -0.15) is 0 Å². The van der Waals surface area contributed by atoms with Gasteiger partial charge in [0.05, 0.1) is 0 Å². The fourth-order valence-electron chi connectivity index (χ4n) is 0.285. The molecule has 0 saturated carbocycles. The van der Waals surface area contributed by atoms with Crippen LogP contribution >= 0.6 is 0 Å². The first-order valence-electron chi connectivity index (χ1n) is 3.88. The number of carbonyl (C=O) groups is 1. The van der Waals surface area contributed by atoms with Gasteiger partial charge in [0.15, 0.2) is 0 Å². The Bertz CT molecular complexity index is 123. The minimum absolute atomic E-state index is 0.0208. The summed E-state index contributed by atoms with van der Waals surface area (Å²) in [5.41, 5.74) is 5.16. The molecule has 0 aromatic carbocycles. The standard InChI is InChI=1S/C5H11NO2.3CH3.Sb/c1-3(2)4(6)5(7)8;;;;/h3-4H,6H2,1-2H3,(H,7,8);3*1H3;/t4-;;;;/m0..../s1. The third-order valence-electron chi connectivity index (χ3n) is 1.00. The molecule has 0 amide bonds.